The second-order valence-electron chi connectivity index (χ2n) is 11.2. The molecule has 0 aromatic rings. The van der Waals surface area contributed by atoms with Gasteiger partial charge in [0, 0.05) is 6.42 Å². The summed E-state index contributed by atoms with van der Waals surface area (Å²) in [6.45, 7) is 24.7. The van der Waals surface area contributed by atoms with Gasteiger partial charge < -0.3 is 9.47 Å². The molecule has 0 aromatic carbocycles. The average Bonchev–Trinajstić information content (AvgIpc) is 2.78. The predicted octanol–water partition coefficient (Wildman–Crippen LogP) is 11.2. The zero-order valence-electron chi connectivity index (χ0n) is 25.8. The molecule has 0 fully saturated rings. The number of rotatable bonds is 20. The second-order valence-corrected chi connectivity index (χ2v) is 11.2. The fraction of sp³-hybridized carbons (Fsp3) is 0.600. The third-order valence-corrected chi connectivity index (χ3v) is 6.19. The molecule has 0 radical (unpaired) electrons. The van der Waals surface area contributed by atoms with Gasteiger partial charge in [-0.15, -0.1) is 0 Å². The van der Waals surface area contributed by atoms with Gasteiger partial charge in [-0.3, -0.25) is 0 Å². The second kappa shape index (κ2) is 22.1. The lowest BCUT2D eigenvalue weighted by Crippen LogP contribution is -2.18. The van der Waals surface area contributed by atoms with Crippen LogP contribution in [0.25, 0.3) is 0 Å². The van der Waals surface area contributed by atoms with Crippen molar-refractivity contribution in [3.8, 4) is 0 Å². The van der Waals surface area contributed by atoms with Gasteiger partial charge in [-0.1, -0.05) is 82.0 Å². The standard InChI is InChI=1S/C35H58O2/c1-28(2)15-11-17-31(7)19-13-21-33(9)23-25-36-35(27-30(5)6)37-26-24-34(10)22-14-20-32(8)18-12-16-29(3)4/h15-16,19-20,23-24,35H,5,11-14,17-18,21-22,25-27H2,1-4,6-10H3. The van der Waals surface area contributed by atoms with E-state index in [0.717, 1.165) is 63.4 Å². The molecular weight excluding hydrogens is 452 g/mol. The van der Waals surface area contributed by atoms with Crippen LogP contribution in [0.4, 0.5) is 0 Å². The Kier molecular flexibility index (Phi) is 21.0. The van der Waals surface area contributed by atoms with Gasteiger partial charge in [0.25, 0.3) is 0 Å². The Morgan fingerprint density at radius 2 is 0.838 bits per heavy atom. The Bertz CT molecular complexity index is 759. The van der Waals surface area contributed by atoms with Crippen molar-refractivity contribution in [3.63, 3.8) is 0 Å². The number of hydrogen-bond acceptors (Lipinski definition) is 2. The summed E-state index contributed by atoms with van der Waals surface area (Å²) in [5.41, 5.74) is 9.56. The van der Waals surface area contributed by atoms with Gasteiger partial charge in [0.1, 0.15) is 0 Å². The van der Waals surface area contributed by atoms with E-state index in [4.69, 9.17) is 9.47 Å². The van der Waals surface area contributed by atoms with Crippen molar-refractivity contribution in [3.05, 3.63) is 82.0 Å². The van der Waals surface area contributed by atoms with E-state index in [0.29, 0.717) is 13.2 Å². The van der Waals surface area contributed by atoms with Crippen LogP contribution in [0.15, 0.2) is 82.0 Å². The first-order chi connectivity index (χ1) is 17.5. The zero-order chi connectivity index (χ0) is 28.1. The molecule has 37 heavy (non-hydrogen) atoms. The van der Waals surface area contributed by atoms with E-state index in [2.05, 4.69) is 98.4 Å². The molecule has 0 rings (SSSR count). The van der Waals surface area contributed by atoms with Crippen LogP contribution in [0.3, 0.4) is 0 Å². The number of ether oxygens (including phenoxy) is 2. The van der Waals surface area contributed by atoms with Gasteiger partial charge in [-0.25, -0.2) is 0 Å². The van der Waals surface area contributed by atoms with Gasteiger partial charge in [-0.05, 0) is 114 Å². The maximum Gasteiger partial charge on any atom is 0.162 e. The van der Waals surface area contributed by atoms with Crippen LogP contribution >= 0.6 is 0 Å². The molecule has 0 atom stereocenters. The number of allylic oxidation sites excluding steroid dienone is 10. The Morgan fingerprint density at radius 3 is 1.16 bits per heavy atom. The molecule has 0 bridgehead atoms. The molecule has 0 aliphatic heterocycles. The fourth-order valence-corrected chi connectivity index (χ4v) is 3.72. The van der Waals surface area contributed by atoms with Crippen molar-refractivity contribution >= 4 is 0 Å². The van der Waals surface area contributed by atoms with E-state index in [1.54, 1.807) is 0 Å². The summed E-state index contributed by atoms with van der Waals surface area (Å²) in [5.74, 6) is 0. The monoisotopic (exact) mass is 510 g/mol. The summed E-state index contributed by atoms with van der Waals surface area (Å²) in [5, 5.41) is 0. The van der Waals surface area contributed by atoms with Crippen molar-refractivity contribution in [1.29, 1.82) is 0 Å². The third kappa shape index (κ3) is 24.2. The molecule has 0 aromatic heterocycles. The highest BCUT2D eigenvalue weighted by Gasteiger charge is 2.08. The van der Waals surface area contributed by atoms with Crippen LogP contribution in [-0.4, -0.2) is 19.5 Å². The first-order valence-electron chi connectivity index (χ1n) is 14.3. The largest absolute Gasteiger partial charge is 0.348 e. The maximum atomic E-state index is 6.05. The van der Waals surface area contributed by atoms with Crippen molar-refractivity contribution < 1.29 is 9.47 Å². The predicted molar refractivity (Wildman–Crippen MR) is 166 cm³/mol. The number of hydrogen-bond donors (Lipinski definition) is 0. The molecule has 0 unspecified atom stereocenters. The average molecular weight is 511 g/mol. The summed E-state index contributed by atoms with van der Waals surface area (Å²) < 4.78 is 12.1. The fourth-order valence-electron chi connectivity index (χ4n) is 3.72. The third-order valence-electron chi connectivity index (χ3n) is 6.19. The highest BCUT2D eigenvalue weighted by Crippen LogP contribution is 2.14. The van der Waals surface area contributed by atoms with E-state index < -0.39 is 0 Å². The highest BCUT2D eigenvalue weighted by atomic mass is 16.7. The summed E-state index contributed by atoms with van der Waals surface area (Å²) in [6.07, 6.45) is 23.1. The molecule has 0 N–H and O–H groups in total. The van der Waals surface area contributed by atoms with E-state index in [9.17, 15) is 0 Å². The van der Waals surface area contributed by atoms with Gasteiger partial charge in [0.05, 0.1) is 13.2 Å². The normalized spacial score (nSPS) is 14.0. The van der Waals surface area contributed by atoms with Crippen LogP contribution in [-0.2, 0) is 9.47 Å². The Labute approximate surface area is 231 Å². The lowest BCUT2D eigenvalue weighted by atomic mass is 10.1. The molecule has 0 spiro atoms. The molecule has 0 saturated heterocycles. The molecule has 2 heteroatoms. The minimum atomic E-state index is -0.250. The van der Waals surface area contributed by atoms with Gasteiger partial charge in [0.2, 0.25) is 0 Å². The first-order valence-corrected chi connectivity index (χ1v) is 14.3. The first kappa shape index (κ1) is 35.1. The summed E-state index contributed by atoms with van der Waals surface area (Å²) >= 11 is 0. The molecule has 0 saturated carbocycles. The molecular formula is C35H58O2. The smallest absolute Gasteiger partial charge is 0.162 e. The van der Waals surface area contributed by atoms with Crippen LogP contribution < -0.4 is 0 Å². The van der Waals surface area contributed by atoms with E-state index in [1.807, 2.05) is 6.92 Å². The van der Waals surface area contributed by atoms with Crippen LogP contribution in [0.1, 0.15) is 120 Å². The topological polar surface area (TPSA) is 18.5 Å². The summed E-state index contributed by atoms with van der Waals surface area (Å²) in [7, 11) is 0. The lowest BCUT2D eigenvalue weighted by Gasteiger charge is -2.17. The van der Waals surface area contributed by atoms with Crippen LogP contribution in [0.5, 0.6) is 0 Å². The van der Waals surface area contributed by atoms with E-state index in [1.165, 1.54) is 33.4 Å². The van der Waals surface area contributed by atoms with Crippen LogP contribution in [0.2, 0.25) is 0 Å². The minimum absolute atomic E-state index is 0.250. The minimum Gasteiger partial charge on any atom is -0.348 e. The van der Waals surface area contributed by atoms with E-state index >= 15 is 0 Å². The Hall–Kier alpha value is -1.90. The zero-order valence-corrected chi connectivity index (χ0v) is 25.8. The molecule has 2 nitrogen and oxygen atoms in total. The van der Waals surface area contributed by atoms with Gasteiger partial charge in [-0.2, -0.15) is 0 Å². The van der Waals surface area contributed by atoms with Crippen molar-refractivity contribution in [1.82, 2.24) is 0 Å². The van der Waals surface area contributed by atoms with Crippen molar-refractivity contribution in [2.45, 2.75) is 126 Å². The molecule has 0 amide bonds. The SMILES string of the molecule is C=C(C)CC(OCC=C(C)CCC=C(C)CCC=C(C)C)OCC=C(C)CCC=C(C)CCC=C(C)C. The molecule has 210 valence electrons. The summed E-state index contributed by atoms with van der Waals surface area (Å²) in [4.78, 5) is 0. The lowest BCUT2D eigenvalue weighted by molar-refractivity contribution is -0.125. The van der Waals surface area contributed by atoms with E-state index in [-0.39, 0.29) is 6.29 Å². The highest BCUT2D eigenvalue weighted by molar-refractivity contribution is 5.07. The van der Waals surface area contributed by atoms with Crippen LogP contribution in [0, 0.1) is 0 Å². The molecule has 0 aliphatic carbocycles. The maximum absolute atomic E-state index is 6.05. The Morgan fingerprint density at radius 1 is 0.514 bits per heavy atom. The van der Waals surface area contributed by atoms with Gasteiger partial charge in [0.15, 0.2) is 6.29 Å². The molecule has 0 aliphatic rings. The quantitative estimate of drug-likeness (QED) is 0.120. The van der Waals surface area contributed by atoms with Crippen molar-refractivity contribution in [2.24, 2.45) is 0 Å². The van der Waals surface area contributed by atoms with Gasteiger partial charge >= 0.3 is 0 Å². The van der Waals surface area contributed by atoms with Crippen molar-refractivity contribution in [2.75, 3.05) is 13.2 Å². The molecule has 0 heterocycles. The summed E-state index contributed by atoms with van der Waals surface area (Å²) in [6, 6.07) is 0. The Balaban J connectivity index is 4.45.